The zero-order valence-electron chi connectivity index (χ0n) is 12.9. The second-order valence-corrected chi connectivity index (χ2v) is 7.64. The van der Waals surface area contributed by atoms with Crippen molar-refractivity contribution >= 4 is 17.7 Å². The van der Waals surface area contributed by atoms with Crippen LogP contribution in [0.25, 0.3) is 0 Å². The lowest BCUT2D eigenvalue weighted by atomic mass is 9.79. The van der Waals surface area contributed by atoms with Crippen LogP contribution in [0, 0.1) is 5.41 Å². The molecule has 0 spiro atoms. The molecule has 4 nitrogen and oxygen atoms in total. The molecule has 2 rings (SSSR count). The van der Waals surface area contributed by atoms with Gasteiger partial charge in [-0.15, -0.1) is 0 Å². The summed E-state index contributed by atoms with van der Waals surface area (Å²) in [6, 6.07) is 0. The van der Waals surface area contributed by atoms with E-state index < -0.39 is 5.54 Å². The third kappa shape index (κ3) is 3.89. The van der Waals surface area contributed by atoms with Crippen molar-refractivity contribution in [1.29, 1.82) is 0 Å². The van der Waals surface area contributed by atoms with Crippen LogP contribution in [-0.2, 0) is 14.3 Å². The number of thioether (sulfide) groups is 1. The number of hydrogen-bond donors (Lipinski definition) is 1. The number of carbonyl (C=O) groups excluding carboxylic acids is 1. The Labute approximate surface area is 126 Å². The first-order chi connectivity index (χ1) is 9.47. The molecule has 2 fully saturated rings. The Morgan fingerprint density at radius 1 is 1.45 bits per heavy atom. The second kappa shape index (κ2) is 6.67. The maximum Gasteiger partial charge on any atom is 0.327 e. The fourth-order valence-electron chi connectivity index (χ4n) is 3.12. The zero-order valence-corrected chi connectivity index (χ0v) is 13.7. The van der Waals surface area contributed by atoms with Crippen LogP contribution in [0.5, 0.6) is 0 Å². The topological polar surface area (TPSA) is 47.6 Å². The zero-order chi connectivity index (χ0) is 14.6. The molecule has 0 bridgehead atoms. The minimum Gasteiger partial charge on any atom is -0.465 e. The summed E-state index contributed by atoms with van der Waals surface area (Å²) >= 11 is 1.84. The van der Waals surface area contributed by atoms with Gasteiger partial charge in [0.2, 0.25) is 0 Å². The highest BCUT2D eigenvalue weighted by atomic mass is 32.2. The first-order valence-electron chi connectivity index (χ1n) is 7.59. The molecule has 0 saturated carbocycles. The minimum atomic E-state index is -0.547. The maximum atomic E-state index is 12.5. The molecule has 0 radical (unpaired) electrons. The maximum absolute atomic E-state index is 12.5. The average Bonchev–Trinajstić information content (AvgIpc) is 2.88. The average molecular weight is 301 g/mol. The molecule has 20 heavy (non-hydrogen) atoms. The molecule has 0 aromatic rings. The van der Waals surface area contributed by atoms with Crippen LogP contribution in [-0.4, -0.2) is 48.9 Å². The number of esters is 1. The molecule has 2 aliphatic heterocycles. The van der Waals surface area contributed by atoms with Gasteiger partial charge in [-0.1, -0.05) is 13.8 Å². The highest BCUT2D eigenvalue weighted by Crippen LogP contribution is 2.40. The molecule has 2 unspecified atom stereocenters. The molecule has 2 aliphatic rings. The molecule has 0 aromatic heterocycles. The Balaban J connectivity index is 2.04. The summed E-state index contributed by atoms with van der Waals surface area (Å²) in [5.74, 6) is 1.79. The standard InChI is InChI=1S/C15H27NO3S/c1-4-18-13(17)15(9-14(2,3)10-20-11-15)16-8-12-6-5-7-19-12/h12,16H,4-11H2,1-3H3. The molecule has 2 heterocycles. The fraction of sp³-hybridized carbons (Fsp3) is 0.933. The van der Waals surface area contributed by atoms with Crippen molar-refractivity contribution in [2.24, 2.45) is 5.41 Å². The highest BCUT2D eigenvalue weighted by Gasteiger charge is 2.47. The van der Waals surface area contributed by atoms with Crippen molar-refractivity contribution in [3.63, 3.8) is 0 Å². The van der Waals surface area contributed by atoms with E-state index >= 15 is 0 Å². The Bertz CT molecular complexity index is 342. The van der Waals surface area contributed by atoms with Gasteiger partial charge in [0, 0.05) is 18.9 Å². The molecule has 2 atom stereocenters. The number of hydrogen-bond acceptors (Lipinski definition) is 5. The molecular weight excluding hydrogens is 274 g/mol. The lowest BCUT2D eigenvalue weighted by Crippen LogP contribution is -2.60. The van der Waals surface area contributed by atoms with Crippen molar-refractivity contribution in [2.75, 3.05) is 31.3 Å². The quantitative estimate of drug-likeness (QED) is 0.789. The second-order valence-electron chi connectivity index (χ2n) is 6.65. The van der Waals surface area contributed by atoms with Gasteiger partial charge < -0.3 is 9.47 Å². The van der Waals surface area contributed by atoms with Gasteiger partial charge in [0.05, 0.1) is 12.7 Å². The summed E-state index contributed by atoms with van der Waals surface area (Å²) in [6.07, 6.45) is 3.29. The van der Waals surface area contributed by atoms with Crippen LogP contribution < -0.4 is 5.32 Å². The SMILES string of the molecule is CCOC(=O)C1(NCC2CCCO2)CSCC(C)(C)C1. The molecular formula is C15H27NO3S. The smallest absolute Gasteiger partial charge is 0.327 e. The normalized spacial score (nSPS) is 33.0. The predicted octanol–water partition coefficient (Wildman–Crippen LogP) is 2.22. The van der Waals surface area contributed by atoms with Crippen molar-refractivity contribution in [2.45, 2.75) is 51.7 Å². The lowest BCUT2D eigenvalue weighted by molar-refractivity contribution is -0.152. The van der Waals surface area contributed by atoms with Crippen molar-refractivity contribution in [3.05, 3.63) is 0 Å². The molecule has 2 saturated heterocycles. The Hall–Kier alpha value is -0.260. The minimum absolute atomic E-state index is 0.0988. The van der Waals surface area contributed by atoms with Crippen LogP contribution in [0.4, 0.5) is 0 Å². The fourth-order valence-corrected chi connectivity index (χ4v) is 4.55. The van der Waals surface area contributed by atoms with Gasteiger partial charge in [-0.2, -0.15) is 11.8 Å². The van der Waals surface area contributed by atoms with E-state index in [-0.39, 0.29) is 17.5 Å². The Kier molecular flexibility index (Phi) is 5.37. The number of rotatable bonds is 5. The van der Waals surface area contributed by atoms with E-state index in [1.54, 1.807) is 0 Å². The molecule has 5 heteroatoms. The molecule has 0 aromatic carbocycles. The van der Waals surface area contributed by atoms with E-state index in [0.717, 1.165) is 43.9 Å². The monoisotopic (exact) mass is 301 g/mol. The van der Waals surface area contributed by atoms with Crippen molar-refractivity contribution in [1.82, 2.24) is 5.32 Å². The van der Waals surface area contributed by atoms with Crippen molar-refractivity contribution in [3.8, 4) is 0 Å². The van der Waals surface area contributed by atoms with Gasteiger partial charge in [-0.05, 0) is 37.4 Å². The number of carbonyl (C=O) groups is 1. The Morgan fingerprint density at radius 2 is 2.25 bits per heavy atom. The summed E-state index contributed by atoms with van der Waals surface area (Å²) in [4.78, 5) is 12.5. The van der Waals surface area contributed by atoms with Crippen LogP contribution in [0.3, 0.4) is 0 Å². The van der Waals surface area contributed by atoms with Gasteiger partial charge in [-0.3, -0.25) is 10.1 Å². The molecule has 1 N–H and O–H groups in total. The summed E-state index contributed by atoms with van der Waals surface area (Å²) < 4.78 is 11.0. The highest BCUT2D eigenvalue weighted by molar-refractivity contribution is 7.99. The first-order valence-corrected chi connectivity index (χ1v) is 8.74. The van der Waals surface area contributed by atoms with Crippen LogP contribution in [0.2, 0.25) is 0 Å². The number of nitrogens with one attached hydrogen (secondary N) is 1. The summed E-state index contributed by atoms with van der Waals surface area (Å²) in [7, 11) is 0. The van der Waals surface area contributed by atoms with Gasteiger partial charge in [0.1, 0.15) is 5.54 Å². The van der Waals surface area contributed by atoms with E-state index in [1.807, 2.05) is 18.7 Å². The van der Waals surface area contributed by atoms with Crippen molar-refractivity contribution < 1.29 is 14.3 Å². The van der Waals surface area contributed by atoms with E-state index in [9.17, 15) is 4.79 Å². The predicted molar refractivity (Wildman–Crippen MR) is 82.1 cm³/mol. The summed E-state index contributed by atoms with van der Waals surface area (Å²) in [6.45, 7) is 8.34. The van der Waals surface area contributed by atoms with Gasteiger partial charge >= 0.3 is 5.97 Å². The largest absolute Gasteiger partial charge is 0.465 e. The van der Waals surface area contributed by atoms with E-state index in [2.05, 4.69) is 19.2 Å². The first kappa shape index (κ1) is 16.1. The lowest BCUT2D eigenvalue weighted by Gasteiger charge is -2.43. The van der Waals surface area contributed by atoms with Crippen LogP contribution in [0.15, 0.2) is 0 Å². The van der Waals surface area contributed by atoms with Gasteiger partial charge in [-0.25, -0.2) is 0 Å². The van der Waals surface area contributed by atoms with E-state index in [4.69, 9.17) is 9.47 Å². The third-order valence-electron chi connectivity index (χ3n) is 3.98. The van der Waals surface area contributed by atoms with Gasteiger partial charge in [0.25, 0.3) is 0 Å². The number of ether oxygens (including phenoxy) is 2. The van der Waals surface area contributed by atoms with E-state index in [1.165, 1.54) is 0 Å². The van der Waals surface area contributed by atoms with Gasteiger partial charge in [0.15, 0.2) is 0 Å². The summed E-state index contributed by atoms with van der Waals surface area (Å²) in [5, 5.41) is 3.50. The van der Waals surface area contributed by atoms with Crippen LogP contribution >= 0.6 is 11.8 Å². The molecule has 0 aliphatic carbocycles. The molecule has 0 amide bonds. The summed E-state index contributed by atoms with van der Waals surface area (Å²) in [5.41, 5.74) is -0.395. The Morgan fingerprint density at radius 3 is 2.85 bits per heavy atom. The van der Waals surface area contributed by atoms with E-state index in [0.29, 0.717) is 6.61 Å². The third-order valence-corrected chi connectivity index (χ3v) is 5.66. The van der Waals surface area contributed by atoms with Crippen LogP contribution in [0.1, 0.15) is 40.0 Å². The molecule has 116 valence electrons.